The molecule has 2 bridgehead atoms. The molecule has 2 aliphatic carbocycles. The van der Waals surface area contributed by atoms with Crippen LogP contribution in [0.3, 0.4) is 0 Å². The second-order valence-electron chi connectivity index (χ2n) is 7.51. The Morgan fingerprint density at radius 1 is 1.25 bits per heavy atom. The van der Waals surface area contributed by atoms with E-state index in [1.807, 2.05) is 0 Å². The first kappa shape index (κ1) is 13.8. The summed E-state index contributed by atoms with van der Waals surface area (Å²) in [5.74, 6) is 1.83. The molecule has 2 fully saturated rings. The van der Waals surface area contributed by atoms with Crippen molar-refractivity contribution in [2.24, 2.45) is 16.7 Å². The molecule has 3 unspecified atom stereocenters. The van der Waals surface area contributed by atoms with Crippen LogP contribution >= 0.6 is 0 Å². The lowest BCUT2D eigenvalue weighted by Gasteiger charge is -2.40. The zero-order chi connectivity index (χ0) is 14.5. The minimum Gasteiger partial charge on any atom is -0.495 e. The predicted octanol–water partition coefficient (Wildman–Crippen LogP) is 4.63. The number of aryl methyl sites for hydroxylation is 1. The molecule has 0 amide bonds. The average molecular weight is 273 g/mol. The van der Waals surface area contributed by atoms with Crippen molar-refractivity contribution in [3.05, 3.63) is 23.8 Å². The number of ether oxygens (including phenoxy) is 1. The van der Waals surface area contributed by atoms with E-state index >= 15 is 0 Å². The number of anilines is 1. The maximum atomic E-state index is 5.54. The summed E-state index contributed by atoms with van der Waals surface area (Å²) >= 11 is 0. The highest BCUT2D eigenvalue weighted by Gasteiger charge is 2.61. The normalized spacial score (nSPS) is 34.2. The van der Waals surface area contributed by atoms with E-state index in [-0.39, 0.29) is 0 Å². The van der Waals surface area contributed by atoms with Crippen molar-refractivity contribution in [3.8, 4) is 5.75 Å². The molecule has 20 heavy (non-hydrogen) atoms. The van der Waals surface area contributed by atoms with Crippen LogP contribution in [0.5, 0.6) is 5.75 Å². The average Bonchev–Trinajstić information content (AvgIpc) is 2.74. The largest absolute Gasteiger partial charge is 0.495 e. The highest BCUT2D eigenvalue weighted by molar-refractivity contribution is 5.58. The van der Waals surface area contributed by atoms with Gasteiger partial charge in [0.25, 0.3) is 0 Å². The highest BCUT2D eigenvalue weighted by atomic mass is 16.5. The van der Waals surface area contributed by atoms with E-state index in [1.54, 1.807) is 7.11 Å². The molecule has 3 atom stereocenters. The maximum Gasteiger partial charge on any atom is 0.142 e. The number of nitrogens with one attached hydrogen (secondary N) is 1. The molecule has 2 aliphatic rings. The Hall–Kier alpha value is -1.18. The van der Waals surface area contributed by atoms with Gasteiger partial charge < -0.3 is 10.1 Å². The first-order valence-electron chi connectivity index (χ1n) is 7.79. The lowest BCUT2D eigenvalue weighted by Crippen LogP contribution is -2.40. The summed E-state index contributed by atoms with van der Waals surface area (Å²) in [7, 11) is 1.76. The Kier molecular flexibility index (Phi) is 3.04. The van der Waals surface area contributed by atoms with Gasteiger partial charge >= 0.3 is 0 Å². The van der Waals surface area contributed by atoms with E-state index in [1.165, 1.54) is 24.8 Å². The highest BCUT2D eigenvalue weighted by Crippen LogP contribution is 2.66. The van der Waals surface area contributed by atoms with E-state index in [2.05, 4.69) is 51.2 Å². The van der Waals surface area contributed by atoms with Crippen LogP contribution in [0.2, 0.25) is 0 Å². The lowest BCUT2D eigenvalue weighted by atomic mass is 9.69. The third-order valence-corrected chi connectivity index (χ3v) is 6.48. The van der Waals surface area contributed by atoms with Crippen LogP contribution in [-0.2, 0) is 0 Å². The van der Waals surface area contributed by atoms with Gasteiger partial charge in [0.15, 0.2) is 0 Å². The van der Waals surface area contributed by atoms with Gasteiger partial charge in [-0.05, 0) is 60.6 Å². The van der Waals surface area contributed by atoms with Gasteiger partial charge in [0.2, 0.25) is 0 Å². The Morgan fingerprint density at radius 3 is 2.55 bits per heavy atom. The summed E-state index contributed by atoms with van der Waals surface area (Å²) in [5.41, 5.74) is 3.23. The monoisotopic (exact) mass is 273 g/mol. The second kappa shape index (κ2) is 4.41. The molecule has 0 heterocycles. The zero-order valence-corrected chi connectivity index (χ0v) is 13.4. The van der Waals surface area contributed by atoms with Crippen LogP contribution in [0.4, 0.5) is 5.69 Å². The third-order valence-electron chi connectivity index (χ3n) is 6.48. The summed E-state index contributed by atoms with van der Waals surface area (Å²) < 4.78 is 5.54. The topological polar surface area (TPSA) is 21.3 Å². The molecule has 110 valence electrons. The van der Waals surface area contributed by atoms with Crippen LogP contribution in [0.15, 0.2) is 18.2 Å². The van der Waals surface area contributed by atoms with Crippen molar-refractivity contribution in [2.75, 3.05) is 12.4 Å². The van der Waals surface area contributed by atoms with Crippen molar-refractivity contribution >= 4 is 5.69 Å². The Bertz CT molecular complexity index is 522. The summed E-state index contributed by atoms with van der Waals surface area (Å²) in [5, 5.41) is 3.79. The quantitative estimate of drug-likeness (QED) is 0.867. The molecule has 3 rings (SSSR count). The van der Waals surface area contributed by atoms with Crippen LogP contribution in [-0.4, -0.2) is 13.2 Å². The maximum absolute atomic E-state index is 5.54. The summed E-state index contributed by atoms with van der Waals surface area (Å²) in [6.45, 7) is 9.49. The molecule has 0 radical (unpaired) electrons. The van der Waals surface area contributed by atoms with Crippen molar-refractivity contribution in [1.29, 1.82) is 0 Å². The number of benzene rings is 1. The van der Waals surface area contributed by atoms with E-state index in [4.69, 9.17) is 4.74 Å². The van der Waals surface area contributed by atoms with Gasteiger partial charge in [-0.1, -0.05) is 26.8 Å². The van der Waals surface area contributed by atoms with Crippen molar-refractivity contribution < 1.29 is 4.74 Å². The van der Waals surface area contributed by atoms with Crippen LogP contribution in [0, 0.1) is 23.7 Å². The van der Waals surface area contributed by atoms with Crippen molar-refractivity contribution in [3.63, 3.8) is 0 Å². The Labute approximate surface area is 122 Å². The van der Waals surface area contributed by atoms with Crippen LogP contribution < -0.4 is 10.1 Å². The van der Waals surface area contributed by atoms with Gasteiger partial charge in [0.1, 0.15) is 5.75 Å². The minimum absolute atomic E-state index is 0.396. The number of fused-ring (bicyclic) bond motifs is 2. The predicted molar refractivity (Wildman–Crippen MR) is 84.4 cm³/mol. The molecule has 1 N–H and O–H groups in total. The van der Waals surface area contributed by atoms with Gasteiger partial charge in [-0.25, -0.2) is 0 Å². The van der Waals surface area contributed by atoms with Crippen molar-refractivity contribution in [2.45, 2.75) is 53.0 Å². The molecule has 1 aromatic carbocycles. The fourth-order valence-electron chi connectivity index (χ4n) is 4.53. The smallest absolute Gasteiger partial charge is 0.142 e. The Morgan fingerprint density at radius 2 is 2.00 bits per heavy atom. The van der Waals surface area contributed by atoms with Gasteiger partial charge in [0.05, 0.1) is 12.8 Å². The lowest BCUT2D eigenvalue weighted by molar-refractivity contribution is 0.142. The molecule has 0 aromatic heterocycles. The second-order valence-corrected chi connectivity index (χ2v) is 7.51. The van der Waals surface area contributed by atoms with Gasteiger partial charge in [0, 0.05) is 6.04 Å². The first-order valence-corrected chi connectivity index (χ1v) is 7.79. The molecular formula is C18H27NO. The summed E-state index contributed by atoms with van der Waals surface area (Å²) in [4.78, 5) is 0. The molecule has 0 saturated heterocycles. The molecular weight excluding hydrogens is 246 g/mol. The summed E-state index contributed by atoms with van der Waals surface area (Å²) in [6.07, 6.45) is 4.03. The fraction of sp³-hybridized carbons (Fsp3) is 0.667. The fourth-order valence-corrected chi connectivity index (χ4v) is 4.53. The molecule has 0 spiro atoms. The van der Waals surface area contributed by atoms with E-state index in [0.717, 1.165) is 17.4 Å². The number of methoxy groups -OCH3 is 1. The Balaban J connectivity index is 1.87. The van der Waals surface area contributed by atoms with Gasteiger partial charge in [-0.15, -0.1) is 0 Å². The van der Waals surface area contributed by atoms with Crippen LogP contribution in [0.25, 0.3) is 0 Å². The summed E-state index contributed by atoms with van der Waals surface area (Å²) in [6, 6.07) is 7.00. The zero-order valence-electron chi connectivity index (χ0n) is 13.4. The molecule has 0 aliphatic heterocycles. The minimum atomic E-state index is 0.396. The number of hydrogen-bond donors (Lipinski definition) is 1. The SMILES string of the molecule is COc1cc(C)ccc1NC1CC2CCC1(C)C2(C)C. The first-order chi connectivity index (χ1) is 9.38. The molecule has 2 saturated carbocycles. The molecule has 2 heteroatoms. The molecule has 1 aromatic rings. The van der Waals surface area contributed by atoms with E-state index < -0.39 is 0 Å². The van der Waals surface area contributed by atoms with Gasteiger partial charge in [-0.3, -0.25) is 0 Å². The third kappa shape index (κ3) is 1.77. The number of hydrogen-bond acceptors (Lipinski definition) is 2. The van der Waals surface area contributed by atoms with E-state index in [0.29, 0.717) is 16.9 Å². The van der Waals surface area contributed by atoms with E-state index in [9.17, 15) is 0 Å². The molecule has 2 nitrogen and oxygen atoms in total. The van der Waals surface area contributed by atoms with Crippen LogP contribution in [0.1, 0.15) is 45.6 Å². The number of rotatable bonds is 3. The van der Waals surface area contributed by atoms with Gasteiger partial charge in [-0.2, -0.15) is 0 Å². The standard InChI is InChI=1S/C18H27NO/c1-12-6-7-14(15(10-12)20-5)19-16-11-13-8-9-18(16,4)17(13,2)3/h6-7,10,13,16,19H,8-9,11H2,1-5H3. The van der Waals surface area contributed by atoms with Crippen molar-refractivity contribution in [1.82, 2.24) is 0 Å².